The first-order valence-electron chi connectivity index (χ1n) is 14.7. The molecule has 2 aliphatic heterocycles. The van der Waals surface area contributed by atoms with Crippen LogP contribution in [0.1, 0.15) is 69.4 Å². The minimum absolute atomic E-state index is 0.0309. The number of nitrogens with two attached hydrogens (primary N) is 1. The molecule has 0 spiro atoms. The van der Waals surface area contributed by atoms with Gasteiger partial charge in [0.05, 0.1) is 23.7 Å². The molecule has 2 amide bonds. The van der Waals surface area contributed by atoms with Crippen molar-refractivity contribution in [2.75, 3.05) is 37.8 Å². The van der Waals surface area contributed by atoms with Crippen molar-refractivity contribution >= 4 is 34.8 Å². The van der Waals surface area contributed by atoms with Gasteiger partial charge in [-0.15, -0.1) is 11.3 Å². The number of amides is 2. The number of nitrogens with zero attached hydrogens (tertiary/aromatic N) is 6. The van der Waals surface area contributed by atoms with Crippen LogP contribution in [-0.4, -0.2) is 68.9 Å². The van der Waals surface area contributed by atoms with Gasteiger partial charge in [-0.05, 0) is 41.3 Å². The Hall–Kier alpha value is -4.19. The lowest BCUT2D eigenvalue weighted by Gasteiger charge is -2.37. The molecule has 0 aliphatic carbocycles. The molecule has 1 saturated heterocycles. The van der Waals surface area contributed by atoms with E-state index in [1.165, 1.54) is 16.2 Å². The second kappa shape index (κ2) is 11.4. The molecule has 2 aromatic carbocycles. The number of rotatable bonds is 6. The van der Waals surface area contributed by atoms with Gasteiger partial charge >= 0.3 is 0 Å². The monoisotopic (exact) mass is 611 g/mol. The number of aromatic nitrogens is 3. The second-order valence-electron chi connectivity index (χ2n) is 12.6. The van der Waals surface area contributed by atoms with E-state index in [2.05, 4.69) is 41.7 Å². The number of nitrogen functional groups attached to an aromatic ring is 1. The first kappa shape index (κ1) is 29.9. The fourth-order valence-corrected chi connectivity index (χ4v) is 7.02. The number of aliphatic hydroxyl groups excluding tert-OH is 1. The number of fused-ring (bicyclic) bond motifs is 1. The van der Waals surface area contributed by atoms with Gasteiger partial charge in [0.25, 0.3) is 5.91 Å². The Morgan fingerprint density at radius 3 is 2.45 bits per heavy atom. The highest BCUT2D eigenvalue weighted by molar-refractivity contribution is 7.14. The summed E-state index contributed by atoms with van der Waals surface area (Å²) in [5.41, 5.74) is 10.8. The molecule has 1 fully saturated rings. The molecular formula is C33H37N7O3S. The van der Waals surface area contributed by atoms with E-state index < -0.39 is 0 Å². The molecular weight excluding hydrogens is 574 g/mol. The molecule has 6 rings (SSSR count). The Labute approximate surface area is 261 Å². The summed E-state index contributed by atoms with van der Waals surface area (Å²) in [7, 11) is 3.80. The summed E-state index contributed by atoms with van der Waals surface area (Å²) < 4.78 is 0. The maximum Gasteiger partial charge on any atom is 0.269 e. The summed E-state index contributed by atoms with van der Waals surface area (Å²) in [6.07, 6.45) is 0.406. The molecule has 1 atom stereocenters. The molecule has 4 aromatic rings. The molecule has 10 nitrogen and oxygen atoms in total. The minimum Gasteiger partial charge on any atom is -0.392 e. The van der Waals surface area contributed by atoms with Gasteiger partial charge in [0, 0.05) is 42.6 Å². The summed E-state index contributed by atoms with van der Waals surface area (Å²) in [5.74, 6) is 0.907. The number of carbonyl (C=O) groups is 2. The molecule has 4 heterocycles. The number of hydrogen-bond donors (Lipinski definition) is 2. The molecule has 2 aliphatic rings. The van der Waals surface area contributed by atoms with Crippen molar-refractivity contribution in [2.24, 2.45) is 0 Å². The maximum absolute atomic E-state index is 13.5. The van der Waals surface area contributed by atoms with Crippen molar-refractivity contribution in [2.45, 2.75) is 51.8 Å². The van der Waals surface area contributed by atoms with Crippen molar-refractivity contribution in [3.63, 3.8) is 0 Å². The quantitative estimate of drug-likeness (QED) is 0.333. The van der Waals surface area contributed by atoms with Crippen LogP contribution in [0.4, 0.5) is 11.6 Å². The van der Waals surface area contributed by atoms with Crippen molar-refractivity contribution in [3.05, 3.63) is 86.4 Å². The third-order valence-electron chi connectivity index (χ3n) is 8.35. The van der Waals surface area contributed by atoms with Crippen LogP contribution in [0.3, 0.4) is 0 Å². The smallest absolute Gasteiger partial charge is 0.269 e. The predicted octanol–water partition coefficient (Wildman–Crippen LogP) is 4.17. The summed E-state index contributed by atoms with van der Waals surface area (Å²) in [6.45, 7) is 8.10. The Bertz CT molecular complexity index is 1750. The molecule has 1 unspecified atom stereocenters. The van der Waals surface area contributed by atoms with Gasteiger partial charge < -0.3 is 20.6 Å². The number of thiophene rings is 1. The number of aliphatic hydroxyl groups is 1. The highest BCUT2D eigenvalue weighted by Crippen LogP contribution is 2.41. The normalized spacial score (nSPS) is 17.5. The van der Waals surface area contributed by atoms with Crippen LogP contribution in [0.25, 0.3) is 11.4 Å². The molecule has 11 heteroatoms. The summed E-state index contributed by atoms with van der Waals surface area (Å²) >= 11 is 1.54. The first-order valence-corrected chi connectivity index (χ1v) is 15.5. The fraction of sp³-hybridized carbons (Fsp3) is 0.364. The highest BCUT2D eigenvalue weighted by Gasteiger charge is 2.35. The van der Waals surface area contributed by atoms with Gasteiger partial charge in [-0.1, -0.05) is 57.2 Å². The number of benzene rings is 2. The third kappa shape index (κ3) is 5.47. The van der Waals surface area contributed by atoms with E-state index in [1.807, 2.05) is 56.6 Å². The lowest BCUT2D eigenvalue weighted by molar-refractivity contribution is -0.139. The van der Waals surface area contributed by atoms with Crippen molar-refractivity contribution in [1.82, 2.24) is 24.8 Å². The number of hydrogen-bond acceptors (Lipinski definition) is 9. The molecule has 0 radical (unpaired) electrons. The zero-order chi connectivity index (χ0) is 31.3. The first-order chi connectivity index (χ1) is 20.9. The third-order valence-corrected chi connectivity index (χ3v) is 9.94. The molecule has 2 aromatic heterocycles. The fourth-order valence-electron chi connectivity index (χ4n) is 5.84. The van der Waals surface area contributed by atoms with Crippen molar-refractivity contribution in [3.8, 4) is 11.4 Å². The van der Waals surface area contributed by atoms with Crippen molar-refractivity contribution in [1.29, 1.82) is 0 Å². The maximum atomic E-state index is 13.5. The highest BCUT2D eigenvalue weighted by atomic mass is 32.1. The van der Waals surface area contributed by atoms with Crippen molar-refractivity contribution < 1.29 is 14.7 Å². The molecule has 0 saturated carbocycles. The number of anilines is 2. The van der Waals surface area contributed by atoms with Crippen LogP contribution < -0.4 is 10.6 Å². The average Bonchev–Trinajstić information content (AvgIpc) is 3.55. The zero-order valence-corrected chi connectivity index (χ0v) is 26.5. The van der Waals surface area contributed by atoms with Gasteiger partial charge in [-0.2, -0.15) is 9.97 Å². The molecule has 3 N–H and O–H groups in total. The Morgan fingerprint density at radius 1 is 1.02 bits per heavy atom. The van der Waals surface area contributed by atoms with E-state index in [0.717, 1.165) is 34.7 Å². The summed E-state index contributed by atoms with van der Waals surface area (Å²) in [6, 6.07) is 15.2. The number of likely N-dealkylation sites (N-methyl/N-ethyl adjacent to an activating group) is 2. The van der Waals surface area contributed by atoms with Gasteiger partial charge in [0.2, 0.25) is 11.9 Å². The van der Waals surface area contributed by atoms with Crippen LogP contribution >= 0.6 is 11.3 Å². The zero-order valence-electron chi connectivity index (χ0n) is 25.7. The minimum atomic E-state index is -0.305. The van der Waals surface area contributed by atoms with E-state index in [9.17, 15) is 14.7 Å². The Kier molecular flexibility index (Phi) is 7.73. The summed E-state index contributed by atoms with van der Waals surface area (Å²) in [4.78, 5) is 47.3. The second-order valence-corrected chi connectivity index (χ2v) is 13.6. The van der Waals surface area contributed by atoms with Crippen LogP contribution in [0.5, 0.6) is 0 Å². The van der Waals surface area contributed by atoms with Crippen LogP contribution in [0.15, 0.2) is 48.5 Å². The van der Waals surface area contributed by atoms with E-state index in [0.29, 0.717) is 41.4 Å². The van der Waals surface area contributed by atoms with Gasteiger partial charge in [0.15, 0.2) is 5.82 Å². The van der Waals surface area contributed by atoms with Crippen LogP contribution in [-0.2, 0) is 29.8 Å². The van der Waals surface area contributed by atoms with Crippen LogP contribution in [0.2, 0.25) is 0 Å². The van der Waals surface area contributed by atoms with E-state index >= 15 is 0 Å². The Balaban J connectivity index is 1.26. The van der Waals surface area contributed by atoms with Gasteiger partial charge in [-0.25, -0.2) is 4.98 Å². The predicted molar refractivity (Wildman–Crippen MR) is 171 cm³/mol. The lowest BCUT2D eigenvalue weighted by atomic mass is 9.94. The lowest BCUT2D eigenvalue weighted by Crippen LogP contribution is -2.48. The molecule has 44 heavy (non-hydrogen) atoms. The Morgan fingerprint density at radius 2 is 1.77 bits per heavy atom. The van der Waals surface area contributed by atoms with Crippen LogP contribution in [0, 0.1) is 0 Å². The average molecular weight is 612 g/mol. The SMILES string of the molecule is CN1CCN(C)C(c2ccc(Cc3nc(N)nc(-c4cccc(N5Cc6cc(C(C)(C)C)sc6C5=O)c4CO)n3)cc2)C1=O. The van der Waals surface area contributed by atoms with Gasteiger partial charge in [0.1, 0.15) is 11.9 Å². The van der Waals surface area contributed by atoms with E-state index in [4.69, 9.17) is 10.7 Å². The van der Waals surface area contributed by atoms with E-state index in [-0.39, 0.29) is 35.8 Å². The summed E-state index contributed by atoms with van der Waals surface area (Å²) in [5, 5.41) is 10.5. The van der Waals surface area contributed by atoms with Gasteiger partial charge in [-0.3, -0.25) is 14.5 Å². The number of carbonyl (C=O) groups excluding carboxylic acids is 2. The number of piperazine rings is 1. The van der Waals surface area contributed by atoms with E-state index in [1.54, 1.807) is 9.80 Å². The molecule has 228 valence electrons. The standard InChI is InChI=1S/C33H37N7O3S/c1-33(2,3)25-16-21-17-40(31(43)28(21)44-25)24-8-6-7-22(23(24)18-41)29-35-26(36-32(34)37-29)15-19-9-11-20(12-10-19)27-30(42)39(5)14-13-38(27)4/h6-12,16,27,41H,13-15,17-18H2,1-5H3,(H2,34,35,36,37). The topological polar surface area (TPSA) is 129 Å². The largest absolute Gasteiger partial charge is 0.392 e. The molecule has 0 bridgehead atoms.